The smallest absolute Gasteiger partial charge is 0.134 e. The molecule has 1 unspecified atom stereocenters. The van der Waals surface area contributed by atoms with Crippen LogP contribution in [0.25, 0.3) is 11.0 Å². The third kappa shape index (κ3) is 3.34. The van der Waals surface area contributed by atoms with Crippen molar-refractivity contribution in [3.8, 4) is 0 Å². The zero-order valence-corrected chi connectivity index (χ0v) is 11.3. The molecule has 0 fully saturated rings. The van der Waals surface area contributed by atoms with Gasteiger partial charge in [0.1, 0.15) is 11.3 Å². The number of hydrogen-bond donors (Lipinski definition) is 1. The Morgan fingerprint density at radius 1 is 1.22 bits per heavy atom. The van der Waals surface area contributed by atoms with Crippen LogP contribution in [-0.4, -0.2) is 19.3 Å². The van der Waals surface area contributed by atoms with E-state index in [2.05, 4.69) is 24.4 Å². The van der Waals surface area contributed by atoms with Gasteiger partial charge in [-0.25, -0.2) is 0 Å². The van der Waals surface area contributed by atoms with E-state index in [4.69, 9.17) is 9.15 Å². The molecule has 0 aliphatic heterocycles. The van der Waals surface area contributed by atoms with E-state index in [1.54, 1.807) is 0 Å². The van der Waals surface area contributed by atoms with Crippen molar-refractivity contribution in [2.75, 3.05) is 13.2 Å². The van der Waals surface area contributed by atoms with Crippen molar-refractivity contribution in [3.05, 3.63) is 36.1 Å². The van der Waals surface area contributed by atoms with Crippen LogP contribution in [0.1, 0.15) is 32.6 Å². The zero-order valence-electron chi connectivity index (χ0n) is 11.3. The van der Waals surface area contributed by atoms with Gasteiger partial charge < -0.3 is 14.5 Å². The molecule has 0 saturated heterocycles. The minimum atomic E-state index is 0.202. The van der Waals surface area contributed by atoms with Gasteiger partial charge in [-0.05, 0) is 32.9 Å². The molecule has 98 valence electrons. The van der Waals surface area contributed by atoms with Gasteiger partial charge in [-0.1, -0.05) is 18.2 Å². The van der Waals surface area contributed by atoms with Gasteiger partial charge in [0.15, 0.2) is 0 Å². The molecule has 1 aromatic heterocycles. The summed E-state index contributed by atoms with van der Waals surface area (Å²) in [6.07, 6.45) is 0.285. The maximum atomic E-state index is 5.80. The first-order valence-electron chi connectivity index (χ1n) is 6.50. The summed E-state index contributed by atoms with van der Waals surface area (Å²) in [5, 5.41) is 4.55. The van der Waals surface area contributed by atoms with Crippen LogP contribution < -0.4 is 5.32 Å². The average Bonchev–Trinajstić information content (AvgIpc) is 2.78. The highest BCUT2D eigenvalue weighted by Crippen LogP contribution is 2.23. The van der Waals surface area contributed by atoms with E-state index in [-0.39, 0.29) is 12.1 Å². The number of nitrogens with one attached hydrogen (secondary N) is 1. The number of hydrogen-bond acceptors (Lipinski definition) is 3. The van der Waals surface area contributed by atoms with Crippen molar-refractivity contribution in [1.82, 2.24) is 5.32 Å². The largest absolute Gasteiger partial charge is 0.459 e. The third-order valence-corrected chi connectivity index (χ3v) is 2.88. The summed E-state index contributed by atoms with van der Waals surface area (Å²) in [5.41, 5.74) is 0.944. The van der Waals surface area contributed by atoms with Gasteiger partial charge in [0.05, 0.1) is 18.8 Å². The lowest BCUT2D eigenvalue weighted by Gasteiger charge is -2.12. The predicted octanol–water partition coefficient (Wildman–Crippen LogP) is 3.51. The van der Waals surface area contributed by atoms with Crippen molar-refractivity contribution in [2.45, 2.75) is 32.9 Å². The molecule has 0 saturated carbocycles. The summed E-state index contributed by atoms with van der Waals surface area (Å²) in [7, 11) is 0. The lowest BCUT2D eigenvalue weighted by molar-refractivity contribution is 0.0793. The topological polar surface area (TPSA) is 34.4 Å². The second-order valence-electron chi connectivity index (χ2n) is 4.78. The number of rotatable bonds is 6. The molecule has 0 bridgehead atoms. The van der Waals surface area contributed by atoms with E-state index in [0.29, 0.717) is 0 Å². The Hall–Kier alpha value is -1.32. The summed E-state index contributed by atoms with van der Waals surface area (Å²) in [6, 6.07) is 10.4. The van der Waals surface area contributed by atoms with Gasteiger partial charge in [-0.2, -0.15) is 0 Å². The van der Waals surface area contributed by atoms with Crippen molar-refractivity contribution in [1.29, 1.82) is 0 Å². The van der Waals surface area contributed by atoms with E-state index >= 15 is 0 Å². The fourth-order valence-electron chi connectivity index (χ4n) is 1.89. The Bertz CT molecular complexity index is 457. The minimum Gasteiger partial charge on any atom is -0.459 e. The molecule has 0 aliphatic carbocycles. The average molecular weight is 247 g/mol. The summed E-state index contributed by atoms with van der Waals surface area (Å²) >= 11 is 0. The molecular formula is C15H21NO2. The van der Waals surface area contributed by atoms with E-state index in [1.165, 1.54) is 0 Å². The number of fused-ring (bicyclic) bond motifs is 1. The highest BCUT2D eigenvalue weighted by atomic mass is 16.5. The van der Waals surface area contributed by atoms with E-state index < -0.39 is 0 Å². The van der Waals surface area contributed by atoms with Crippen LogP contribution in [0.15, 0.2) is 34.7 Å². The van der Waals surface area contributed by atoms with Crippen LogP contribution in [0.4, 0.5) is 0 Å². The van der Waals surface area contributed by atoms with E-state index in [9.17, 15) is 0 Å². The molecule has 3 nitrogen and oxygen atoms in total. The van der Waals surface area contributed by atoms with Gasteiger partial charge in [0.2, 0.25) is 0 Å². The second kappa shape index (κ2) is 6.03. The van der Waals surface area contributed by atoms with E-state index in [0.717, 1.165) is 29.9 Å². The Balaban J connectivity index is 1.90. The lowest BCUT2D eigenvalue weighted by Crippen LogP contribution is -2.24. The van der Waals surface area contributed by atoms with Crippen LogP contribution >= 0.6 is 0 Å². The Kier molecular flexibility index (Phi) is 4.39. The molecule has 1 atom stereocenters. The van der Waals surface area contributed by atoms with Crippen LogP contribution in [0.2, 0.25) is 0 Å². The maximum Gasteiger partial charge on any atom is 0.134 e. The highest BCUT2D eigenvalue weighted by Gasteiger charge is 2.10. The van der Waals surface area contributed by atoms with Gasteiger partial charge in [-0.15, -0.1) is 0 Å². The molecule has 0 spiro atoms. The first-order valence-corrected chi connectivity index (χ1v) is 6.50. The molecule has 2 rings (SSSR count). The van der Waals surface area contributed by atoms with Crippen LogP contribution in [0.3, 0.4) is 0 Å². The molecule has 1 N–H and O–H groups in total. The quantitative estimate of drug-likeness (QED) is 0.793. The molecular weight excluding hydrogens is 226 g/mol. The summed E-state index contributed by atoms with van der Waals surface area (Å²) in [5.74, 6) is 0.973. The first kappa shape index (κ1) is 13.1. The molecule has 18 heavy (non-hydrogen) atoms. The van der Waals surface area contributed by atoms with Crippen LogP contribution in [0, 0.1) is 0 Å². The monoisotopic (exact) mass is 247 g/mol. The SMILES string of the molecule is CC(C)OCCNC(C)c1cc2ccccc2o1. The molecule has 1 aromatic carbocycles. The fraction of sp³-hybridized carbons (Fsp3) is 0.467. The third-order valence-electron chi connectivity index (χ3n) is 2.88. The second-order valence-corrected chi connectivity index (χ2v) is 4.78. The summed E-state index contributed by atoms with van der Waals surface area (Å²) in [6.45, 7) is 7.75. The van der Waals surface area contributed by atoms with Crippen molar-refractivity contribution in [2.24, 2.45) is 0 Å². The molecule has 1 heterocycles. The predicted molar refractivity (Wildman–Crippen MR) is 73.7 cm³/mol. The molecule has 2 aromatic rings. The fourth-order valence-corrected chi connectivity index (χ4v) is 1.89. The number of para-hydroxylation sites is 1. The Morgan fingerprint density at radius 3 is 2.72 bits per heavy atom. The summed E-state index contributed by atoms with van der Waals surface area (Å²) in [4.78, 5) is 0. The standard InChI is InChI=1S/C15H21NO2/c1-11(2)17-9-8-16-12(3)15-10-13-6-4-5-7-14(13)18-15/h4-7,10-12,16H,8-9H2,1-3H3. The van der Waals surface area contributed by atoms with Crippen molar-refractivity contribution in [3.63, 3.8) is 0 Å². The molecule has 0 amide bonds. The van der Waals surface area contributed by atoms with Gasteiger partial charge >= 0.3 is 0 Å². The van der Waals surface area contributed by atoms with Crippen LogP contribution in [0.5, 0.6) is 0 Å². The normalized spacial score (nSPS) is 13.3. The zero-order chi connectivity index (χ0) is 13.0. The van der Waals surface area contributed by atoms with Gasteiger partial charge in [-0.3, -0.25) is 0 Å². The first-order chi connectivity index (χ1) is 8.66. The molecule has 3 heteroatoms. The lowest BCUT2D eigenvalue weighted by atomic mass is 10.2. The highest BCUT2D eigenvalue weighted by molar-refractivity contribution is 5.77. The number of furan rings is 1. The van der Waals surface area contributed by atoms with Gasteiger partial charge in [0.25, 0.3) is 0 Å². The molecule has 0 radical (unpaired) electrons. The minimum absolute atomic E-state index is 0.202. The van der Waals surface area contributed by atoms with Crippen molar-refractivity contribution >= 4 is 11.0 Å². The summed E-state index contributed by atoms with van der Waals surface area (Å²) < 4.78 is 11.3. The number of ether oxygens (including phenoxy) is 1. The Labute approximate surface area is 108 Å². The maximum absolute atomic E-state index is 5.80. The van der Waals surface area contributed by atoms with E-state index in [1.807, 2.05) is 32.0 Å². The number of benzene rings is 1. The van der Waals surface area contributed by atoms with Crippen LogP contribution in [-0.2, 0) is 4.74 Å². The van der Waals surface area contributed by atoms with Crippen molar-refractivity contribution < 1.29 is 9.15 Å². The molecule has 0 aliphatic rings. The van der Waals surface area contributed by atoms with Gasteiger partial charge in [0, 0.05) is 11.9 Å². The Morgan fingerprint density at radius 2 is 2.00 bits per heavy atom.